The summed E-state index contributed by atoms with van der Waals surface area (Å²) in [4.78, 5) is 0. The second kappa shape index (κ2) is 2.51. The molecule has 0 aliphatic rings. The van der Waals surface area contributed by atoms with Crippen LogP contribution in [0.3, 0.4) is 0 Å². The lowest BCUT2D eigenvalue weighted by Crippen LogP contribution is -1.75. The van der Waals surface area contributed by atoms with Gasteiger partial charge < -0.3 is 0 Å². The summed E-state index contributed by atoms with van der Waals surface area (Å²) in [5, 5.41) is 0. The molecule has 0 bridgehead atoms. The van der Waals surface area contributed by atoms with E-state index in [4.69, 9.17) is 0 Å². The Kier molecular flexibility index (Phi) is 1.68. The fraction of sp³-hybridized carbons (Fsp3) is 0.250. The van der Waals surface area contributed by atoms with E-state index in [9.17, 15) is 0 Å². The van der Waals surface area contributed by atoms with Crippen LogP contribution in [0, 0.1) is 12.1 Å². The largest absolute Gasteiger partial charge is 0.0613 e. The van der Waals surface area contributed by atoms with Gasteiger partial charge in [0.25, 0.3) is 0 Å². The van der Waals surface area contributed by atoms with E-state index >= 15 is 0 Å². The molecule has 0 nitrogen and oxygen atoms in total. The summed E-state index contributed by atoms with van der Waals surface area (Å²) < 4.78 is 0. The summed E-state index contributed by atoms with van der Waals surface area (Å²) in [5.41, 5.74) is 1.25. The fourth-order valence-corrected chi connectivity index (χ4v) is 0.599. The minimum absolute atomic E-state index is 1.06. The first-order valence-corrected chi connectivity index (χ1v) is 2.80. The maximum atomic E-state index is 3.06. The molecule has 0 saturated heterocycles. The lowest BCUT2D eigenvalue weighted by Gasteiger charge is -1.88. The van der Waals surface area contributed by atoms with Crippen LogP contribution in [0.25, 0.3) is 0 Å². The molecule has 40 valence electrons. The number of benzene rings is 1. The number of hydrogen-bond acceptors (Lipinski definition) is 0. The molecule has 0 aromatic heterocycles. The highest BCUT2D eigenvalue weighted by Crippen LogP contribution is 1.95. The van der Waals surface area contributed by atoms with Crippen molar-refractivity contribution in [2.75, 3.05) is 0 Å². The van der Waals surface area contributed by atoms with Crippen LogP contribution in [-0.2, 0) is 6.42 Å². The zero-order valence-electron chi connectivity index (χ0n) is 4.94. The fourth-order valence-electron chi connectivity index (χ4n) is 0.599. The third kappa shape index (κ3) is 1.09. The van der Waals surface area contributed by atoms with Crippen LogP contribution < -0.4 is 0 Å². The molecule has 0 aliphatic carbocycles. The minimum Gasteiger partial charge on any atom is -0.0613 e. The molecule has 0 saturated carbocycles. The molecule has 0 unspecified atom stereocenters. The molecule has 1 rings (SSSR count). The zero-order valence-corrected chi connectivity index (χ0v) is 4.94. The van der Waals surface area contributed by atoms with Crippen molar-refractivity contribution in [2.45, 2.75) is 13.3 Å². The van der Waals surface area contributed by atoms with E-state index < -0.39 is 0 Å². The maximum Gasteiger partial charge on any atom is -0.0143 e. The second-order valence-corrected chi connectivity index (χ2v) is 1.67. The number of rotatable bonds is 1. The van der Waals surface area contributed by atoms with E-state index in [1.165, 1.54) is 5.56 Å². The van der Waals surface area contributed by atoms with E-state index in [-0.39, 0.29) is 0 Å². The first-order chi connectivity index (χ1) is 3.93. The van der Waals surface area contributed by atoms with Crippen LogP contribution in [0.4, 0.5) is 0 Å². The lowest BCUT2D eigenvalue weighted by atomic mass is 10.2. The molecule has 0 aliphatic heterocycles. The highest BCUT2D eigenvalue weighted by Gasteiger charge is 1.81. The Bertz CT molecular complexity index is 141. The van der Waals surface area contributed by atoms with Crippen LogP contribution >= 0.6 is 0 Å². The molecule has 0 atom stereocenters. The van der Waals surface area contributed by atoms with Gasteiger partial charge in [-0.1, -0.05) is 19.1 Å². The van der Waals surface area contributed by atoms with Crippen molar-refractivity contribution in [2.24, 2.45) is 0 Å². The van der Waals surface area contributed by atoms with Gasteiger partial charge in [-0.25, -0.2) is 0 Å². The standard InChI is InChI=1S/C8H8/c1-2-8-6-4-3-5-7-8/h4-6H,2H2,1H3. The van der Waals surface area contributed by atoms with Gasteiger partial charge in [0.1, 0.15) is 0 Å². The molecule has 0 spiro atoms. The Hall–Kier alpha value is -0.780. The van der Waals surface area contributed by atoms with Crippen molar-refractivity contribution in [3.63, 3.8) is 0 Å². The monoisotopic (exact) mass is 104 g/mol. The molecule has 1 aromatic carbocycles. The molecule has 0 N–H and O–H groups in total. The molecule has 0 heteroatoms. The van der Waals surface area contributed by atoms with E-state index in [0.717, 1.165) is 6.42 Å². The van der Waals surface area contributed by atoms with Gasteiger partial charge in [0.05, 0.1) is 0 Å². The first-order valence-electron chi connectivity index (χ1n) is 2.80. The molecular formula is C8H8. The van der Waals surface area contributed by atoms with Gasteiger partial charge in [0, 0.05) is 0 Å². The van der Waals surface area contributed by atoms with E-state index in [1.807, 2.05) is 18.2 Å². The average molecular weight is 104 g/mol. The van der Waals surface area contributed by atoms with Crippen molar-refractivity contribution in [1.29, 1.82) is 0 Å². The highest BCUT2D eigenvalue weighted by atomic mass is 13.9. The molecular weight excluding hydrogens is 96.1 g/mol. The van der Waals surface area contributed by atoms with Gasteiger partial charge in [0.2, 0.25) is 0 Å². The molecule has 1 aromatic rings. The summed E-state index contributed by atoms with van der Waals surface area (Å²) >= 11 is 0. The summed E-state index contributed by atoms with van der Waals surface area (Å²) in [6.45, 7) is 2.12. The predicted molar refractivity (Wildman–Crippen MR) is 33.5 cm³/mol. The van der Waals surface area contributed by atoms with Crippen molar-refractivity contribution < 1.29 is 0 Å². The van der Waals surface area contributed by atoms with Crippen LogP contribution in [0.1, 0.15) is 12.5 Å². The van der Waals surface area contributed by atoms with Gasteiger partial charge in [-0.05, 0) is 30.2 Å². The molecule has 8 heavy (non-hydrogen) atoms. The summed E-state index contributed by atoms with van der Waals surface area (Å²) in [6.07, 6.45) is 1.06. The van der Waals surface area contributed by atoms with Crippen molar-refractivity contribution >= 4 is 0 Å². The maximum absolute atomic E-state index is 3.06. The molecule has 0 fully saturated rings. The average Bonchev–Trinajstić information content (AvgIpc) is 1.90. The third-order valence-electron chi connectivity index (χ3n) is 1.10. The Labute approximate surface area is 50.2 Å². The first kappa shape index (κ1) is 5.36. The Morgan fingerprint density at radius 2 is 2.50 bits per heavy atom. The van der Waals surface area contributed by atoms with Gasteiger partial charge in [-0.2, -0.15) is 0 Å². The lowest BCUT2D eigenvalue weighted by molar-refractivity contribution is 1.14. The SMILES string of the molecule is CCc1[c]c[c]cc1. The third-order valence-corrected chi connectivity index (χ3v) is 1.10. The minimum atomic E-state index is 1.06. The Morgan fingerprint density at radius 1 is 1.62 bits per heavy atom. The molecule has 0 amide bonds. The summed E-state index contributed by atoms with van der Waals surface area (Å²) in [5.74, 6) is 0. The zero-order chi connectivity index (χ0) is 5.82. The van der Waals surface area contributed by atoms with Gasteiger partial charge in [0.15, 0.2) is 0 Å². The number of hydrogen-bond donors (Lipinski definition) is 0. The smallest absolute Gasteiger partial charge is 0.0143 e. The predicted octanol–water partition coefficient (Wildman–Crippen LogP) is 1.85. The number of aryl methyl sites for hydroxylation is 1. The van der Waals surface area contributed by atoms with E-state index in [2.05, 4.69) is 19.1 Å². The van der Waals surface area contributed by atoms with Gasteiger partial charge in [-0.3, -0.25) is 0 Å². The van der Waals surface area contributed by atoms with Crippen molar-refractivity contribution in [3.8, 4) is 0 Å². The highest BCUT2D eigenvalue weighted by molar-refractivity contribution is 5.11. The summed E-state index contributed by atoms with van der Waals surface area (Å²) in [6, 6.07) is 11.7. The van der Waals surface area contributed by atoms with E-state index in [0.29, 0.717) is 0 Å². The molecule has 0 heterocycles. The summed E-state index contributed by atoms with van der Waals surface area (Å²) in [7, 11) is 0. The van der Waals surface area contributed by atoms with Crippen molar-refractivity contribution in [3.05, 3.63) is 35.9 Å². The normalized spacial score (nSPS) is 9.12. The Morgan fingerprint density at radius 3 is 2.88 bits per heavy atom. The topological polar surface area (TPSA) is 0 Å². The second-order valence-electron chi connectivity index (χ2n) is 1.67. The quantitative estimate of drug-likeness (QED) is 0.510. The van der Waals surface area contributed by atoms with E-state index in [1.54, 1.807) is 0 Å². The van der Waals surface area contributed by atoms with Crippen LogP contribution in [0.5, 0.6) is 0 Å². The van der Waals surface area contributed by atoms with Gasteiger partial charge in [-0.15, -0.1) is 0 Å². The Balaban J connectivity index is 2.83. The van der Waals surface area contributed by atoms with Gasteiger partial charge >= 0.3 is 0 Å². The van der Waals surface area contributed by atoms with Crippen molar-refractivity contribution in [1.82, 2.24) is 0 Å². The molecule has 2 radical (unpaired) electrons. The van der Waals surface area contributed by atoms with Crippen LogP contribution in [0.2, 0.25) is 0 Å². The van der Waals surface area contributed by atoms with Crippen LogP contribution in [-0.4, -0.2) is 0 Å². The van der Waals surface area contributed by atoms with Crippen LogP contribution in [0.15, 0.2) is 18.2 Å².